The Kier molecular flexibility index (Phi) is 6.48. The number of carbonyl (C=O) groups is 2. The molecular formula is C26H27N7O3. The summed E-state index contributed by atoms with van der Waals surface area (Å²) in [6, 6.07) is 19.2. The fraction of sp³-hybridized carbons (Fsp3) is 0.269. The van der Waals surface area contributed by atoms with Gasteiger partial charge in [-0.15, -0.1) is 15.3 Å². The van der Waals surface area contributed by atoms with Crippen molar-refractivity contribution >= 4 is 23.3 Å². The quantitative estimate of drug-likeness (QED) is 0.447. The van der Waals surface area contributed by atoms with Crippen LogP contribution in [0.15, 0.2) is 73.1 Å². The van der Waals surface area contributed by atoms with E-state index in [-0.39, 0.29) is 17.9 Å². The summed E-state index contributed by atoms with van der Waals surface area (Å²) in [5, 5.41) is 15.4. The maximum Gasteiger partial charge on any atom is 0.252 e. The van der Waals surface area contributed by atoms with Gasteiger partial charge in [0.15, 0.2) is 5.65 Å². The van der Waals surface area contributed by atoms with Crippen LogP contribution >= 0.6 is 0 Å². The first-order valence-electron chi connectivity index (χ1n) is 11.8. The molecule has 4 aromatic rings. The lowest BCUT2D eigenvalue weighted by molar-refractivity contribution is -0.134. The molecule has 3 heterocycles. The van der Waals surface area contributed by atoms with Crippen LogP contribution in [0.5, 0.6) is 5.75 Å². The number of rotatable bonds is 6. The molecule has 0 saturated carbocycles. The van der Waals surface area contributed by atoms with E-state index in [0.29, 0.717) is 36.6 Å². The van der Waals surface area contributed by atoms with Crippen molar-refractivity contribution < 1.29 is 14.3 Å². The van der Waals surface area contributed by atoms with Crippen LogP contribution in [0.25, 0.3) is 5.65 Å². The molecule has 1 saturated heterocycles. The number of aromatic nitrogens is 4. The number of amides is 2. The summed E-state index contributed by atoms with van der Waals surface area (Å²) < 4.78 is 6.81. The summed E-state index contributed by atoms with van der Waals surface area (Å²) in [5.74, 6) is 0.996. The van der Waals surface area contributed by atoms with Gasteiger partial charge < -0.3 is 19.9 Å². The summed E-state index contributed by atoms with van der Waals surface area (Å²) in [6.07, 6.45) is 1.57. The third-order valence-corrected chi connectivity index (χ3v) is 6.39. The van der Waals surface area contributed by atoms with Gasteiger partial charge in [-0.05, 0) is 48.9 Å². The maximum atomic E-state index is 13.7. The second kappa shape index (κ2) is 10.0. The summed E-state index contributed by atoms with van der Waals surface area (Å²) >= 11 is 0. The van der Waals surface area contributed by atoms with Gasteiger partial charge in [-0.1, -0.05) is 30.3 Å². The second-order valence-corrected chi connectivity index (χ2v) is 8.70. The Labute approximate surface area is 208 Å². The lowest BCUT2D eigenvalue weighted by Gasteiger charge is -2.41. The number of methoxy groups -OCH3 is 1. The molecule has 5 rings (SSSR count). The molecule has 2 aromatic carbocycles. The summed E-state index contributed by atoms with van der Waals surface area (Å²) in [5.41, 5.74) is 1.87. The number of fused-ring (bicyclic) bond motifs is 1. The zero-order valence-electron chi connectivity index (χ0n) is 20.1. The fourth-order valence-electron chi connectivity index (χ4n) is 4.44. The predicted octanol–water partition coefficient (Wildman–Crippen LogP) is 2.34. The van der Waals surface area contributed by atoms with Gasteiger partial charge in [0, 0.05) is 31.2 Å². The van der Waals surface area contributed by atoms with Gasteiger partial charge in [0.05, 0.1) is 7.11 Å². The molecule has 0 radical (unpaired) electrons. The highest BCUT2D eigenvalue weighted by atomic mass is 16.5. The van der Waals surface area contributed by atoms with E-state index >= 15 is 0 Å². The molecule has 0 bridgehead atoms. The maximum absolute atomic E-state index is 13.7. The van der Waals surface area contributed by atoms with E-state index in [1.165, 1.54) is 0 Å². The zero-order valence-corrected chi connectivity index (χ0v) is 20.1. The molecule has 2 aromatic heterocycles. The molecule has 2 amide bonds. The lowest BCUT2D eigenvalue weighted by Crippen LogP contribution is -2.56. The van der Waals surface area contributed by atoms with E-state index in [9.17, 15) is 9.59 Å². The molecular weight excluding hydrogens is 458 g/mol. The highest BCUT2D eigenvalue weighted by Crippen LogP contribution is 2.23. The average Bonchev–Trinajstić information content (AvgIpc) is 3.40. The third-order valence-electron chi connectivity index (χ3n) is 6.39. The molecule has 1 aliphatic heterocycles. The van der Waals surface area contributed by atoms with Crippen LogP contribution in [-0.2, 0) is 4.79 Å². The Balaban J connectivity index is 1.33. The van der Waals surface area contributed by atoms with Crippen LogP contribution < -0.4 is 15.0 Å². The molecule has 36 heavy (non-hydrogen) atoms. The van der Waals surface area contributed by atoms with Gasteiger partial charge in [-0.25, -0.2) is 0 Å². The van der Waals surface area contributed by atoms with Crippen molar-refractivity contribution in [3.8, 4) is 5.75 Å². The first-order valence-corrected chi connectivity index (χ1v) is 11.8. The molecule has 0 aliphatic carbocycles. The van der Waals surface area contributed by atoms with E-state index in [0.717, 1.165) is 11.4 Å². The number of nitrogens with zero attached hydrogens (tertiary/aromatic N) is 6. The number of anilines is 1. The van der Waals surface area contributed by atoms with E-state index in [1.807, 2.05) is 47.4 Å². The van der Waals surface area contributed by atoms with Crippen LogP contribution in [0.4, 0.5) is 5.82 Å². The largest absolute Gasteiger partial charge is 0.497 e. The van der Waals surface area contributed by atoms with Gasteiger partial charge >= 0.3 is 0 Å². The molecule has 1 fully saturated rings. The molecule has 2 atom stereocenters. The number of hydrogen-bond donors (Lipinski definition) is 1. The van der Waals surface area contributed by atoms with E-state index in [4.69, 9.17) is 4.74 Å². The van der Waals surface area contributed by atoms with Crippen molar-refractivity contribution in [1.82, 2.24) is 30.0 Å². The van der Waals surface area contributed by atoms with Crippen molar-refractivity contribution in [2.75, 3.05) is 31.6 Å². The Bertz CT molecular complexity index is 1360. The fourth-order valence-corrected chi connectivity index (χ4v) is 4.44. The van der Waals surface area contributed by atoms with Crippen molar-refractivity contribution in [3.05, 3.63) is 84.2 Å². The Morgan fingerprint density at radius 1 is 1.03 bits per heavy atom. The van der Waals surface area contributed by atoms with Crippen LogP contribution in [-0.4, -0.2) is 69.3 Å². The van der Waals surface area contributed by atoms with Crippen LogP contribution in [0, 0.1) is 0 Å². The standard InChI is InChI=1S/C26H27N7O3/c1-18-16-31(14-15-32(18)23-13-12-22-29-27-17-33(22)30-23)26(35)24(19-6-4-3-5-7-19)28-25(34)20-8-10-21(36-2)11-9-20/h3-13,17-18,24H,14-16H2,1-2H3,(H,28,34). The highest BCUT2D eigenvalue weighted by Gasteiger charge is 2.33. The smallest absolute Gasteiger partial charge is 0.252 e. The number of hydrogen-bond acceptors (Lipinski definition) is 7. The number of nitrogens with one attached hydrogen (secondary N) is 1. The Morgan fingerprint density at radius 3 is 2.53 bits per heavy atom. The molecule has 10 heteroatoms. The molecule has 0 spiro atoms. The minimum atomic E-state index is -0.800. The van der Waals surface area contributed by atoms with Crippen LogP contribution in [0.3, 0.4) is 0 Å². The van der Waals surface area contributed by atoms with Crippen molar-refractivity contribution in [2.24, 2.45) is 0 Å². The summed E-state index contributed by atoms with van der Waals surface area (Å²) in [7, 11) is 1.57. The number of piperazine rings is 1. The number of ether oxygens (including phenoxy) is 1. The second-order valence-electron chi connectivity index (χ2n) is 8.70. The third kappa shape index (κ3) is 4.70. The van der Waals surface area contributed by atoms with Gasteiger partial charge in [-0.2, -0.15) is 4.52 Å². The van der Waals surface area contributed by atoms with Gasteiger partial charge in [0.1, 0.15) is 23.9 Å². The Morgan fingerprint density at radius 2 is 1.81 bits per heavy atom. The van der Waals surface area contributed by atoms with Crippen LogP contribution in [0.2, 0.25) is 0 Å². The minimum Gasteiger partial charge on any atom is -0.497 e. The van der Waals surface area contributed by atoms with Gasteiger partial charge in [0.25, 0.3) is 5.91 Å². The first kappa shape index (κ1) is 23.3. The van der Waals surface area contributed by atoms with Crippen molar-refractivity contribution in [3.63, 3.8) is 0 Å². The topological polar surface area (TPSA) is 105 Å². The molecule has 184 valence electrons. The van der Waals surface area contributed by atoms with Crippen LogP contribution in [0.1, 0.15) is 28.9 Å². The number of benzene rings is 2. The zero-order chi connectivity index (χ0) is 25.1. The Hall–Kier alpha value is -4.47. The van der Waals surface area contributed by atoms with E-state index in [1.54, 1.807) is 42.2 Å². The number of carbonyl (C=O) groups excluding carboxylic acids is 2. The monoisotopic (exact) mass is 485 g/mol. The van der Waals surface area contributed by atoms with Crippen molar-refractivity contribution in [2.45, 2.75) is 19.0 Å². The average molecular weight is 486 g/mol. The highest BCUT2D eigenvalue weighted by molar-refractivity contribution is 5.98. The van der Waals surface area contributed by atoms with Gasteiger partial charge in [0.2, 0.25) is 5.91 Å². The normalized spacial score (nSPS) is 16.6. The van der Waals surface area contributed by atoms with E-state index in [2.05, 4.69) is 32.4 Å². The molecule has 10 nitrogen and oxygen atoms in total. The predicted molar refractivity (Wildman–Crippen MR) is 134 cm³/mol. The van der Waals surface area contributed by atoms with Gasteiger partial charge in [-0.3, -0.25) is 9.59 Å². The lowest BCUT2D eigenvalue weighted by atomic mass is 10.0. The van der Waals surface area contributed by atoms with E-state index < -0.39 is 6.04 Å². The summed E-state index contributed by atoms with van der Waals surface area (Å²) in [4.78, 5) is 30.8. The SMILES string of the molecule is COc1ccc(C(=O)NC(C(=O)N2CCN(c3ccc4nncn4n3)C(C)C2)c2ccccc2)cc1. The minimum absolute atomic E-state index is 0.0258. The van der Waals surface area contributed by atoms with Crippen molar-refractivity contribution in [1.29, 1.82) is 0 Å². The molecule has 1 aliphatic rings. The molecule has 2 unspecified atom stereocenters. The molecule has 1 N–H and O–H groups in total. The first-order chi connectivity index (χ1) is 17.5. The summed E-state index contributed by atoms with van der Waals surface area (Å²) in [6.45, 7) is 3.68.